The first-order valence-electron chi connectivity index (χ1n) is 22.2. The molecule has 2 fully saturated rings. The van der Waals surface area contributed by atoms with E-state index in [9.17, 15) is 0 Å². The minimum absolute atomic E-state index is 0.837. The monoisotopic (exact) mass is 687 g/mol. The van der Waals surface area contributed by atoms with Crippen LogP contribution in [0.2, 0.25) is 0 Å². The van der Waals surface area contributed by atoms with Crippen LogP contribution >= 0.6 is 0 Å². The number of hydrogen-bond donors (Lipinski definition) is 0. The van der Waals surface area contributed by atoms with E-state index in [1.165, 1.54) is 191 Å². The molecule has 2 aromatic rings. The summed E-state index contributed by atoms with van der Waals surface area (Å²) >= 11 is 0. The van der Waals surface area contributed by atoms with Gasteiger partial charge >= 0.3 is 0 Å². The van der Waals surface area contributed by atoms with Crippen molar-refractivity contribution in [3.63, 3.8) is 0 Å². The van der Waals surface area contributed by atoms with Gasteiger partial charge in [-0.25, -0.2) is 0 Å². The molecule has 0 aliphatic heterocycles. The van der Waals surface area contributed by atoms with Gasteiger partial charge in [-0.15, -0.1) is 0 Å². The molecule has 0 heterocycles. The molecule has 2 saturated carbocycles. The third-order valence-electron chi connectivity index (χ3n) is 12.5. The zero-order valence-electron chi connectivity index (χ0n) is 33.0. The molecule has 0 amide bonds. The van der Waals surface area contributed by atoms with Crippen molar-refractivity contribution in [2.24, 2.45) is 23.7 Å². The molecule has 0 bridgehead atoms. The van der Waals surface area contributed by atoms with Crippen molar-refractivity contribution in [3.8, 4) is 22.6 Å². The summed E-state index contributed by atoms with van der Waals surface area (Å²) in [7, 11) is 0. The van der Waals surface area contributed by atoms with Gasteiger partial charge in [0, 0.05) is 0 Å². The maximum atomic E-state index is 6.15. The van der Waals surface area contributed by atoms with E-state index in [0.29, 0.717) is 0 Å². The second kappa shape index (κ2) is 25.9. The van der Waals surface area contributed by atoms with Crippen LogP contribution in [-0.4, -0.2) is 13.2 Å². The maximum absolute atomic E-state index is 6.15. The Morgan fingerprint density at radius 3 is 0.960 bits per heavy atom. The second-order valence-corrected chi connectivity index (χ2v) is 16.6. The number of rotatable bonds is 27. The fourth-order valence-corrected chi connectivity index (χ4v) is 9.01. The number of unbranched alkanes of at least 4 members (excludes halogenated alkanes) is 12. The first kappa shape index (κ1) is 40.8. The lowest BCUT2D eigenvalue weighted by atomic mass is 9.78. The molecular formula is C48H78O2. The average Bonchev–Trinajstić information content (AvgIpc) is 3.16. The molecule has 2 heteroatoms. The molecule has 2 aliphatic carbocycles. The number of benzene rings is 2. The maximum Gasteiger partial charge on any atom is 0.119 e. The van der Waals surface area contributed by atoms with Gasteiger partial charge in [0.2, 0.25) is 0 Å². The van der Waals surface area contributed by atoms with Crippen molar-refractivity contribution in [3.05, 3.63) is 48.5 Å². The van der Waals surface area contributed by atoms with Gasteiger partial charge in [-0.1, -0.05) is 192 Å². The normalized spacial score (nSPS) is 20.9. The van der Waals surface area contributed by atoms with Crippen molar-refractivity contribution in [2.45, 2.75) is 194 Å². The Balaban J connectivity index is 0.991. The van der Waals surface area contributed by atoms with E-state index in [4.69, 9.17) is 9.47 Å². The Labute approximate surface area is 310 Å². The predicted octanol–water partition coefficient (Wildman–Crippen LogP) is 15.6. The molecular weight excluding hydrogens is 609 g/mol. The van der Waals surface area contributed by atoms with E-state index in [0.717, 1.165) is 48.4 Å². The van der Waals surface area contributed by atoms with Crippen LogP contribution in [0.5, 0.6) is 11.5 Å². The van der Waals surface area contributed by atoms with Crippen molar-refractivity contribution < 1.29 is 9.47 Å². The molecule has 2 aliphatic rings. The van der Waals surface area contributed by atoms with Crippen LogP contribution in [-0.2, 0) is 0 Å². The first-order valence-corrected chi connectivity index (χ1v) is 22.2. The topological polar surface area (TPSA) is 18.5 Å². The summed E-state index contributed by atoms with van der Waals surface area (Å²) in [5.41, 5.74) is 2.47. The molecule has 4 rings (SSSR count). The van der Waals surface area contributed by atoms with E-state index < -0.39 is 0 Å². The third kappa shape index (κ3) is 17.0. The Morgan fingerprint density at radius 2 is 0.640 bits per heavy atom. The number of ether oxygens (including phenoxy) is 2. The van der Waals surface area contributed by atoms with Crippen LogP contribution in [0.3, 0.4) is 0 Å². The number of hydrogen-bond acceptors (Lipinski definition) is 2. The Hall–Kier alpha value is -1.96. The minimum atomic E-state index is 0.837. The molecule has 0 radical (unpaired) electrons. The summed E-state index contributed by atoms with van der Waals surface area (Å²) < 4.78 is 12.3. The fraction of sp³-hybridized carbons (Fsp3) is 0.750. The highest BCUT2D eigenvalue weighted by Gasteiger charge is 2.21. The molecule has 0 spiro atoms. The third-order valence-corrected chi connectivity index (χ3v) is 12.5. The summed E-state index contributed by atoms with van der Waals surface area (Å²) in [5.74, 6) is 5.85. The Bertz CT molecular complexity index is 971. The van der Waals surface area contributed by atoms with Gasteiger partial charge in [-0.2, -0.15) is 0 Å². The van der Waals surface area contributed by atoms with Crippen LogP contribution in [0.25, 0.3) is 11.1 Å². The minimum Gasteiger partial charge on any atom is -0.494 e. The lowest BCUT2D eigenvalue weighted by Crippen LogP contribution is -2.15. The summed E-state index contributed by atoms with van der Waals surface area (Å²) in [5, 5.41) is 0. The zero-order valence-corrected chi connectivity index (χ0v) is 33.0. The van der Waals surface area contributed by atoms with Crippen LogP contribution in [0.15, 0.2) is 48.5 Å². The molecule has 282 valence electrons. The van der Waals surface area contributed by atoms with E-state index in [1.807, 2.05) is 0 Å². The van der Waals surface area contributed by atoms with Crippen LogP contribution in [0.4, 0.5) is 0 Å². The van der Waals surface area contributed by atoms with E-state index in [-0.39, 0.29) is 0 Å². The van der Waals surface area contributed by atoms with Gasteiger partial charge < -0.3 is 9.47 Å². The fourth-order valence-electron chi connectivity index (χ4n) is 9.01. The van der Waals surface area contributed by atoms with Crippen LogP contribution in [0, 0.1) is 23.7 Å². The SMILES string of the molecule is CCCCCCCCCC1CCC(CCCOc2ccc(-c3ccc(OCCCC4CCC(CCCCCCCCC)CC4)cc3)cc2)CC1. The molecule has 50 heavy (non-hydrogen) atoms. The quantitative estimate of drug-likeness (QED) is 0.0871. The lowest BCUT2D eigenvalue weighted by molar-refractivity contribution is 0.228. The molecule has 0 N–H and O–H groups in total. The Kier molecular flexibility index (Phi) is 21.1. The summed E-state index contributed by atoms with van der Waals surface area (Å²) in [4.78, 5) is 0. The van der Waals surface area contributed by atoms with Crippen molar-refractivity contribution in [1.29, 1.82) is 0 Å². The van der Waals surface area contributed by atoms with Gasteiger partial charge in [0.1, 0.15) is 11.5 Å². The summed E-state index contributed by atoms with van der Waals surface area (Å²) in [6, 6.07) is 17.3. The average molecular weight is 687 g/mol. The zero-order chi connectivity index (χ0) is 34.9. The van der Waals surface area contributed by atoms with Crippen molar-refractivity contribution in [1.82, 2.24) is 0 Å². The molecule has 0 saturated heterocycles. The van der Waals surface area contributed by atoms with Crippen molar-refractivity contribution in [2.75, 3.05) is 13.2 Å². The summed E-state index contributed by atoms with van der Waals surface area (Å²) in [6.45, 7) is 6.29. The van der Waals surface area contributed by atoms with Gasteiger partial charge in [0.05, 0.1) is 13.2 Å². The van der Waals surface area contributed by atoms with E-state index in [1.54, 1.807) is 0 Å². The molecule has 2 nitrogen and oxygen atoms in total. The molecule has 0 unspecified atom stereocenters. The van der Waals surface area contributed by atoms with Crippen LogP contribution < -0.4 is 9.47 Å². The van der Waals surface area contributed by atoms with Crippen molar-refractivity contribution >= 4 is 0 Å². The highest BCUT2D eigenvalue weighted by Crippen LogP contribution is 2.36. The smallest absolute Gasteiger partial charge is 0.119 e. The highest BCUT2D eigenvalue weighted by molar-refractivity contribution is 5.64. The van der Waals surface area contributed by atoms with Gasteiger partial charge in [0.25, 0.3) is 0 Å². The van der Waals surface area contributed by atoms with Gasteiger partial charge in [0.15, 0.2) is 0 Å². The molecule has 2 aromatic carbocycles. The molecule has 0 aromatic heterocycles. The standard InChI is InChI=1S/C48H78O2/c1-3-5-7-9-11-13-15-19-41-23-27-43(28-24-41)21-17-39-49-47-35-31-45(32-36-47)46-33-37-48(38-34-46)50-40-18-22-44-29-25-42(26-30-44)20-16-14-12-10-8-6-4-2/h31-38,41-44H,3-30,39-40H2,1-2H3. The summed E-state index contributed by atoms with van der Waals surface area (Å²) in [6.07, 6.45) is 39.8. The lowest BCUT2D eigenvalue weighted by Gasteiger charge is -2.28. The van der Waals surface area contributed by atoms with Crippen LogP contribution in [0.1, 0.15) is 194 Å². The van der Waals surface area contributed by atoms with E-state index >= 15 is 0 Å². The first-order chi connectivity index (χ1) is 24.7. The van der Waals surface area contributed by atoms with Gasteiger partial charge in [-0.3, -0.25) is 0 Å². The molecule has 0 atom stereocenters. The van der Waals surface area contributed by atoms with Gasteiger partial charge in [-0.05, 0) is 84.7 Å². The predicted molar refractivity (Wildman–Crippen MR) is 217 cm³/mol. The largest absolute Gasteiger partial charge is 0.494 e. The highest BCUT2D eigenvalue weighted by atomic mass is 16.5. The Morgan fingerprint density at radius 1 is 0.360 bits per heavy atom. The van der Waals surface area contributed by atoms with E-state index in [2.05, 4.69) is 62.4 Å². The second-order valence-electron chi connectivity index (χ2n) is 16.6.